The van der Waals surface area contributed by atoms with Crippen molar-refractivity contribution in [3.8, 4) is 0 Å². The maximum atomic E-state index is 11.7. The molecule has 1 amide bonds. The molecule has 6 heteroatoms. The summed E-state index contributed by atoms with van der Waals surface area (Å²) in [5.74, 6) is -1.88. The minimum Gasteiger partial charge on any atom is -0.481 e. The summed E-state index contributed by atoms with van der Waals surface area (Å²) in [6.07, 6.45) is 2.06. The molecule has 0 aromatic carbocycles. The zero-order chi connectivity index (χ0) is 15.5. The summed E-state index contributed by atoms with van der Waals surface area (Å²) in [6.45, 7) is 9.99. The van der Waals surface area contributed by atoms with Gasteiger partial charge in [0.15, 0.2) is 8.32 Å². The smallest absolute Gasteiger partial charge is 0.308 e. The first-order valence-electron chi connectivity index (χ1n) is 7.40. The number of carboxylic acid groups (broad SMARTS) is 1. The van der Waals surface area contributed by atoms with Crippen LogP contribution in [0, 0.1) is 11.8 Å². The Balaban J connectivity index is 2.63. The lowest BCUT2D eigenvalue weighted by Gasteiger charge is -2.44. The molecule has 0 aromatic rings. The second-order valence-electron chi connectivity index (χ2n) is 6.37. The third-order valence-corrected chi connectivity index (χ3v) is 6.64. The SMILES string of the molecule is CCCC[Si](C)(C)O[C@H](C)[C@H]1C(=O)N[C@@H]1[C@@H](C)C(=O)O. The highest BCUT2D eigenvalue weighted by Gasteiger charge is 2.48. The van der Waals surface area contributed by atoms with Gasteiger partial charge in [-0.25, -0.2) is 0 Å². The highest BCUT2D eigenvalue weighted by Crippen LogP contribution is 2.30. The van der Waals surface area contributed by atoms with Crippen molar-refractivity contribution in [3.63, 3.8) is 0 Å². The Kier molecular flexibility index (Phi) is 5.76. The highest BCUT2D eigenvalue weighted by atomic mass is 28.4. The number of aliphatic carboxylic acids is 1. The molecule has 116 valence electrons. The Morgan fingerprint density at radius 2 is 2.05 bits per heavy atom. The van der Waals surface area contributed by atoms with Crippen molar-refractivity contribution in [2.45, 2.75) is 64.9 Å². The summed E-state index contributed by atoms with van der Waals surface area (Å²) in [6, 6.07) is 0.757. The number of amides is 1. The van der Waals surface area contributed by atoms with Crippen molar-refractivity contribution in [2.24, 2.45) is 11.8 Å². The summed E-state index contributed by atoms with van der Waals surface area (Å²) in [7, 11) is -1.78. The lowest BCUT2D eigenvalue weighted by molar-refractivity contribution is -0.151. The fourth-order valence-corrected chi connectivity index (χ4v) is 5.23. The van der Waals surface area contributed by atoms with E-state index >= 15 is 0 Å². The van der Waals surface area contributed by atoms with Crippen LogP contribution in [0.3, 0.4) is 0 Å². The van der Waals surface area contributed by atoms with Gasteiger partial charge in [0.2, 0.25) is 5.91 Å². The maximum absolute atomic E-state index is 11.7. The summed E-state index contributed by atoms with van der Waals surface area (Å²) in [5.41, 5.74) is 0. The minimum absolute atomic E-state index is 0.0871. The third kappa shape index (κ3) is 4.05. The van der Waals surface area contributed by atoms with Crippen LogP contribution in [0.2, 0.25) is 19.1 Å². The largest absolute Gasteiger partial charge is 0.481 e. The second kappa shape index (κ2) is 6.71. The molecule has 5 nitrogen and oxygen atoms in total. The molecule has 1 rings (SSSR count). The number of carbonyl (C=O) groups excluding carboxylic acids is 1. The van der Waals surface area contributed by atoms with Crippen LogP contribution in [-0.2, 0) is 14.0 Å². The standard InChI is InChI=1S/C14H27NO4Si/c1-6-7-8-20(4,5)19-10(3)11-12(15-13(11)16)9(2)14(17)18/h9-12H,6-8H2,1-5H3,(H,15,16)(H,17,18)/t9-,10-,11-,12-/m1/s1. The van der Waals surface area contributed by atoms with E-state index in [0.29, 0.717) is 0 Å². The van der Waals surface area contributed by atoms with Crippen LogP contribution >= 0.6 is 0 Å². The lowest BCUT2D eigenvalue weighted by atomic mass is 9.79. The Morgan fingerprint density at radius 1 is 1.45 bits per heavy atom. The van der Waals surface area contributed by atoms with Gasteiger partial charge in [0.05, 0.1) is 24.0 Å². The Labute approximate surface area is 122 Å². The van der Waals surface area contributed by atoms with Gasteiger partial charge in [-0.15, -0.1) is 0 Å². The van der Waals surface area contributed by atoms with Crippen LogP contribution in [0.1, 0.15) is 33.6 Å². The molecule has 1 aliphatic rings. The molecular weight excluding hydrogens is 274 g/mol. The van der Waals surface area contributed by atoms with E-state index in [1.165, 1.54) is 0 Å². The molecule has 1 aliphatic heterocycles. The number of unbranched alkanes of at least 4 members (excludes halogenated alkanes) is 1. The van der Waals surface area contributed by atoms with Gasteiger partial charge < -0.3 is 14.8 Å². The Bertz CT molecular complexity index is 372. The molecule has 1 heterocycles. The average Bonchev–Trinajstić information content (AvgIpc) is 2.31. The number of nitrogens with one attached hydrogen (secondary N) is 1. The van der Waals surface area contributed by atoms with E-state index in [0.717, 1.165) is 18.9 Å². The highest BCUT2D eigenvalue weighted by molar-refractivity contribution is 6.71. The monoisotopic (exact) mass is 301 g/mol. The summed E-state index contributed by atoms with van der Waals surface area (Å²) < 4.78 is 6.16. The van der Waals surface area contributed by atoms with E-state index in [2.05, 4.69) is 25.3 Å². The van der Waals surface area contributed by atoms with Gasteiger partial charge in [-0.05, 0) is 33.0 Å². The van der Waals surface area contributed by atoms with Crippen LogP contribution in [0.15, 0.2) is 0 Å². The van der Waals surface area contributed by atoms with Gasteiger partial charge in [0.1, 0.15) is 0 Å². The topological polar surface area (TPSA) is 75.6 Å². The number of rotatable bonds is 8. The molecule has 1 fully saturated rings. The van der Waals surface area contributed by atoms with Crippen LogP contribution in [-0.4, -0.2) is 37.4 Å². The number of carbonyl (C=O) groups is 2. The van der Waals surface area contributed by atoms with Crippen LogP contribution < -0.4 is 5.32 Å². The van der Waals surface area contributed by atoms with Gasteiger partial charge in [0, 0.05) is 0 Å². The molecule has 0 aromatic heterocycles. The quantitative estimate of drug-likeness (QED) is 0.532. The molecule has 0 radical (unpaired) electrons. The maximum Gasteiger partial charge on any atom is 0.308 e. The first kappa shape index (κ1) is 17.2. The van der Waals surface area contributed by atoms with Crippen LogP contribution in [0.4, 0.5) is 0 Å². The fourth-order valence-electron chi connectivity index (χ4n) is 2.75. The first-order valence-corrected chi connectivity index (χ1v) is 10.5. The predicted octanol–water partition coefficient (Wildman–Crippen LogP) is 2.23. The average molecular weight is 301 g/mol. The van der Waals surface area contributed by atoms with Gasteiger partial charge >= 0.3 is 5.97 Å². The molecule has 0 unspecified atom stereocenters. The third-order valence-electron chi connectivity index (χ3n) is 4.07. The van der Waals surface area contributed by atoms with E-state index in [1.807, 2.05) is 6.92 Å². The minimum atomic E-state index is -1.78. The molecule has 2 N–H and O–H groups in total. The van der Waals surface area contributed by atoms with E-state index < -0.39 is 20.2 Å². The summed E-state index contributed by atoms with van der Waals surface area (Å²) >= 11 is 0. The van der Waals surface area contributed by atoms with Crippen LogP contribution in [0.5, 0.6) is 0 Å². The molecule has 0 bridgehead atoms. The van der Waals surface area contributed by atoms with Gasteiger partial charge in [0.25, 0.3) is 0 Å². The van der Waals surface area contributed by atoms with E-state index in [-0.39, 0.29) is 24.0 Å². The summed E-state index contributed by atoms with van der Waals surface area (Å²) in [5, 5.41) is 11.8. The van der Waals surface area contributed by atoms with E-state index in [1.54, 1.807) is 6.92 Å². The number of hydrogen-bond donors (Lipinski definition) is 2. The number of β-lactam (4-membered cyclic amide) rings is 1. The first-order chi connectivity index (χ1) is 9.19. The van der Waals surface area contributed by atoms with Crippen molar-refractivity contribution in [2.75, 3.05) is 0 Å². The van der Waals surface area contributed by atoms with Crippen molar-refractivity contribution in [1.29, 1.82) is 0 Å². The number of hydrogen-bond acceptors (Lipinski definition) is 3. The van der Waals surface area contributed by atoms with Gasteiger partial charge in [-0.2, -0.15) is 0 Å². The Hall–Kier alpha value is -0.883. The zero-order valence-corrected chi connectivity index (χ0v) is 14.1. The van der Waals surface area contributed by atoms with Crippen molar-refractivity contribution < 1.29 is 19.1 Å². The lowest BCUT2D eigenvalue weighted by Crippen LogP contribution is -2.66. The normalized spacial score (nSPS) is 25.6. The van der Waals surface area contributed by atoms with Gasteiger partial charge in [-0.1, -0.05) is 19.8 Å². The molecular formula is C14H27NO4Si. The second-order valence-corrected chi connectivity index (χ2v) is 10.6. The van der Waals surface area contributed by atoms with E-state index in [9.17, 15) is 9.59 Å². The zero-order valence-electron chi connectivity index (χ0n) is 13.1. The predicted molar refractivity (Wildman–Crippen MR) is 80.0 cm³/mol. The van der Waals surface area contributed by atoms with E-state index in [4.69, 9.17) is 9.53 Å². The molecule has 0 saturated carbocycles. The van der Waals surface area contributed by atoms with Crippen LogP contribution in [0.25, 0.3) is 0 Å². The fraction of sp³-hybridized carbons (Fsp3) is 0.857. The summed E-state index contributed by atoms with van der Waals surface area (Å²) in [4.78, 5) is 22.8. The van der Waals surface area contributed by atoms with Crippen molar-refractivity contribution >= 4 is 20.2 Å². The molecule has 4 atom stereocenters. The molecule has 1 saturated heterocycles. The number of carboxylic acids is 1. The Morgan fingerprint density at radius 3 is 2.50 bits per heavy atom. The molecule has 0 aliphatic carbocycles. The van der Waals surface area contributed by atoms with Crippen molar-refractivity contribution in [3.05, 3.63) is 0 Å². The van der Waals surface area contributed by atoms with Gasteiger partial charge in [-0.3, -0.25) is 9.59 Å². The molecule has 0 spiro atoms. The molecule has 20 heavy (non-hydrogen) atoms. The van der Waals surface area contributed by atoms with Crippen molar-refractivity contribution in [1.82, 2.24) is 5.32 Å².